The molecule has 1 aliphatic heterocycles. The lowest BCUT2D eigenvalue weighted by Gasteiger charge is -2.31. The number of carbonyl (C=O) groups excluding carboxylic acids is 1. The number of morpholine rings is 1. The highest BCUT2D eigenvalue weighted by atomic mass is 16.6. The van der Waals surface area contributed by atoms with Crippen molar-refractivity contribution in [1.82, 2.24) is 24.5 Å². The number of benzene rings is 1. The van der Waals surface area contributed by atoms with Gasteiger partial charge in [-0.15, -0.1) is 0 Å². The molecule has 0 atom stereocenters. The summed E-state index contributed by atoms with van der Waals surface area (Å²) in [5.74, 6) is 0.403. The summed E-state index contributed by atoms with van der Waals surface area (Å²) >= 11 is 0. The highest BCUT2D eigenvalue weighted by Gasteiger charge is 2.30. The van der Waals surface area contributed by atoms with Crippen molar-refractivity contribution in [3.05, 3.63) is 66.1 Å². The molecule has 2 fully saturated rings. The van der Waals surface area contributed by atoms with Crippen LogP contribution in [0, 0.1) is 0 Å². The number of aromatic nitrogens is 4. The third kappa shape index (κ3) is 7.39. The van der Waals surface area contributed by atoms with Gasteiger partial charge in [-0.05, 0) is 38.7 Å². The fourth-order valence-electron chi connectivity index (χ4n) is 5.90. The van der Waals surface area contributed by atoms with Crippen LogP contribution in [0.5, 0.6) is 0 Å². The van der Waals surface area contributed by atoms with Gasteiger partial charge in [-0.3, -0.25) is 14.7 Å². The predicted molar refractivity (Wildman–Crippen MR) is 165 cm³/mol. The molecule has 232 valence electrons. The Morgan fingerprint density at radius 3 is 2.34 bits per heavy atom. The van der Waals surface area contributed by atoms with Crippen molar-refractivity contribution in [2.24, 2.45) is 0 Å². The number of anilines is 1. The number of hydrogen-bond acceptors (Lipinski definition) is 9. The van der Waals surface area contributed by atoms with Crippen molar-refractivity contribution in [3.8, 4) is 22.4 Å². The van der Waals surface area contributed by atoms with E-state index in [9.17, 15) is 4.79 Å². The van der Waals surface area contributed by atoms with Crippen LogP contribution in [-0.2, 0) is 9.47 Å². The molecule has 1 aromatic carbocycles. The van der Waals surface area contributed by atoms with Crippen molar-refractivity contribution in [2.45, 2.75) is 44.6 Å². The predicted octanol–water partition coefficient (Wildman–Crippen LogP) is 4.84. The number of ether oxygens (including phenoxy) is 2. The molecule has 1 aliphatic carbocycles. The summed E-state index contributed by atoms with van der Waals surface area (Å²) in [6.45, 7) is 6.79. The van der Waals surface area contributed by atoms with Gasteiger partial charge in [-0.1, -0.05) is 36.4 Å². The monoisotopic (exact) mass is 602 g/mol. The Morgan fingerprint density at radius 2 is 1.70 bits per heavy atom. The molecule has 0 radical (unpaired) electrons. The molecule has 2 aliphatic rings. The van der Waals surface area contributed by atoms with Crippen LogP contribution in [-0.4, -0.2) is 92.2 Å². The Labute approximate surface area is 255 Å². The lowest BCUT2D eigenvalue weighted by atomic mass is 9.83. The van der Waals surface area contributed by atoms with Crippen LogP contribution in [0.3, 0.4) is 0 Å². The van der Waals surface area contributed by atoms with Gasteiger partial charge in [0.2, 0.25) is 0 Å². The first-order valence-corrected chi connectivity index (χ1v) is 14.8. The van der Waals surface area contributed by atoms with E-state index in [1.807, 2.05) is 48.7 Å². The minimum atomic E-state index is -1.83. The van der Waals surface area contributed by atoms with Crippen LogP contribution in [0.2, 0.25) is 0 Å². The van der Waals surface area contributed by atoms with Gasteiger partial charge in [0, 0.05) is 48.4 Å². The van der Waals surface area contributed by atoms with Crippen LogP contribution in [0.1, 0.15) is 54.6 Å². The maximum absolute atomic E-state index is 12.8. The molecule has 0 unspecified atom stereocenters. The van der Waals surface area contributed by atoms with E-state index in [4.69, 9.17) is 35.2 Å². The zero-order valence-electron chi connectivity index (χ0n) is 24.8. The van der Waals surface area contributed by atoms with E-state index < -0.39 is 6.16 Å². The SMILES string of the molecule is CC(=O)c1c(N)n2ncc(-c3ccc(-c4ccccc4)nc3)c2nc1[C@H]1CC[C@H](OCCN2CCOCC2)CC1.O=C(O)O. The number of carbonyl (C=O) groups is 2. The van der Waals surface area contributed by atoms with Gasteiger partial charge in [0.05, 0.1) is 49.1 Å². The average Bonchev–Trinajstić information content (AvgIpc) is 3.46. The molecule has 6 rings (SSSR count). The zero-order valence-corrected chi connectivity index (χ0v) is 24.8. The van der Waals surface area contributed by atoms with Gasteiger partial charge in [0.25, 0.3) is 0 Å². The van der Waals surface area contributed by atoms with Gasteiger partial charge >= 0.3 is 6.16 Å². The van der Waals surface area contributed by atoms with Crippen molar-refractivity contribution in [3.63, 3.8) is 0 Å². The fraction of sp³-hybridized carbons (Fsp3) is 0.406. The Balaban J connectivity index is 0.000000906. The van der Waals surface area contributed by atoms with Crippen LogP contribution in [0.25, 0.3) is 28.0 Å². The van der Waals surface area contributed by atoms with Gasteiger partial charge in [-0.2, -0.15) is 9.61 Å². The molecule has 0 amide bonds. The van der Waals surface area contributed by atoms with E-state index in [2.05, 4.69) is 15.0 Å². The van der Waals surface area contributed by atoms with E-state index in [-0.39, 0.29) is 17.8 Å². The summed E-state index contributed by atoms with van der Waals surface area (Å²) in [5.41, 5.74) is 12.2. The summed E-state index contributed by atoms with van der Waals surface area (Å²) in [6.07, 6.45) is 5.69. The van der Waals surface area contributed by atoms with Crippen LogP contribution in [0.15, 0.2) is 54.9 Å². The lowest BCUT2D eigenvalue weighted by molar-refractivity contribution is -0.0101. The molecule has 1 saturated carbocycles. The number of hydrogen-bond donors (Lipinski definition) is 3. The number of fused-ring (bicyclic) bond motifs is 1. The number of ketones is 1. The second kappa shape index (κ2) is 14.4. The minimum Gasteiger partial charge on any atom is -0.450 e. The maximum atomic E-state index is 12.8. The molecule has 1 saturated heterocycles. The van der Waals surface area contributed by atoms with Crippen molar-refractivity contribution < 1.29 is 29.3 Å². The van der Waals surface area contributed by atoms with Gasteiger partial charge in [-0.25, -0.2) is 9.78 Å². The summed E-state index contributed by atoms with van der Waals surface area (Å²) in [4.78, 5) is 33.5. The topological polar surface area (TPSA) is 165 Å². The number of Topliss-reactive ketones (excluding diaryl/α,β-unsaturated/α-hetero) is 1. The Bertz CT molecular complexity index is 1560. The van der Waals surface area contributed by atoms with Crippen LogP contribution < -0.4 is 5.73 Å². The molecule has 0 bridgehead atoms. The van der Waals surface area contributed by atoms with Gasteiger partial charge in [0.15, 0.2) is 11.4 Å². The summed E-state index contributed by atoms with van der Waals surface area (Å²) in [5, 5.41) is 18.5. The first-order valence-electron chi connectivity index (χ1n) is 14.8. The maximum Gasteiger partial charge on any atom is 0.503 e. The number of pyridine rings is 1. The highest BCUT2D eigenvalue weighted by Crippen LogP contribution is 2.38. The molecular formula is C32H38N6O6. The molecule has 12 nitrogen and oxygen atoms in total. The highest BCUT2D eigenvalue weighted by molar-refractivity contribution is 6.00. The second-order valence-corrected chi connectivity index (χ2v) is 11.0. The van der Waals surface area contributed by atoms with E-state index in [0.29, 0.717) is 17.0 Å². The van der Waals surface area contributed by atoms with E-state index in [0.717, 1.165) is 93.2 Å². The van der Waals surface area contributed by atoms with E-state index in [1.54, 1.807) is 17.6 Å². The number of carboxylic acid groups (broad SMARTS) is 2. The number of rotatable bonds is 8. The van der Waals surface area contributed by atoms with Gasteiger partial charge < -0.3 is 25.4 Å². The largest absolute Gasteiger partial charge is 0.503 e. The molecule has 3 aromatic heterocycles. The van der Waals surface area contributed by atoms with E-state index in [1.165, 1.54) is 0 Å². The Hall–Kier alpha value is -4.39. The normalized spacial score (nSPS) is 18.8. The first kappa shape index (κ1) is 31.0. The molecular weight excluding hydrogens is 564 g/mol. The zero-order chi connectivity index (χ0) is 31.1. The van der Waals surface area contributed by atoms with Crippen LogP contribution in [0.4, 0.5) is 10.6 Å². The number of nitrogens with zero attached hydrogens (tertiary/aromatic N) is 5. The van der Waals surface area contributed by atoms with Crippen LogP contribution >= 0.6 is 0 Å². The third-order valence-electron chi connectivity index (χ3n) is 8.13. The second-order valence-electron chi connectivity index (χ2n) is 11.0. The lowest BCUT2D eigenvalue weighted by Crippen LogP contribution is -2.39. The van der Waals surface area contributed by atoms with Crippen molar-refractivity contribution >= 4 is 23.4 Å². The number of nitrogens with two attached hydrogens (primary N) is 1. The number of nitrogen functional groups attached to an aromatic ring is 1. The fourth-order valence-corrected chi connectivity index (χ4v) is 5.90. The van der Waals surface area contributed by atoms with E-state index >= 15 is 0 Å². The standard InChI is InChI=1S/C31H36N6O3.CH2O3/c1-21(38)28-29(23-7-10-25(11-8-23)40-18-15-36-13-16-39-17-14-36)35-31-26(20-34-37(31)30(28)32)24-9-12-27(33-19-24)22-5-3-2-4-6-22;2-1(3)4/h2-6,9,12,19-20,23,25H,7-8,10-11,13-18,32H2,1H3;(H2,2,3,4)/t23-,25-;. The van der Waals surface area contributed by atoms with Crippen molar-refractivity contribution in [2.75, 3.05) is 45.2 Å². The molecule has 4 N–H and O–H groups in total. The average molecular weight is 603 g/mol. The van der Waals surface area contributed by atoms with Crippen molar-refractivity contribution in [1.29, 1.82) is 0 Å². The molecule has 12 heteroatoms. The van der Waals surface area contributed by atoms with Gasteiger partial charge in [0.1, 0.15) is 5.82 Å². The molecule has 44 heavy (non-hydrogen) atoms. The quantitative estimate of drug-likeness (QED) is 0.236. The summed E-state index contributed by atoms with van der Waals surface area (Å²) in [7, 11) is 0. The first-order chi connectivity index (χ1) is 21.3. The summed E-state index contributed by atoms with van der Waals surface area (Å²) in [6, 6.07) is 14.1. The Morgan fingerprint density at radius 1 is 1.00 bits per heavy atom. The summed E-state index contributed by atoms with van der Waals surface area (Å²) < 4.78 is 13.2. The molecule has 4 aromatic rings. The third-order valence-corrected chi connectivity index (χ3v) is 8.13. The minimum absolute atomic E-state index is 0.0864. The smallest absolute Gasteiger partial charge is 0.450 e. The Kier molecular flexibility index (Phi) is 10.2. The molecule has 4 heterocycles. The molecule has 0 spiro atoms.